The summed E-state index contributed by atoms with van der Waals surface area (Å²) in [5, 5.41) is 0. The third-order valence-electron chi connectivity index (χ3n) is 4.52. The lowest BCUT2D eigenvalue weighted by molar-refractivity contribution is 0.684. The molecule has 0 bridgehead atoms. The fraction of sp³-hybridized carbons (Fsp3) is 0.684. The molecule has 0 atom stereocenters. The zero-order valence-corrected chi connectivity index (χ0v) is 15.5. The Balaban J connectivity index is 2.50. The number of hydrogen-bond donors (Lipinski definition) is 0. The van der Waals surface area contributed by atoms with Gasteiger partial charge in [0, 0.05) is 0 Å². The van der Waals surface area contributed by atoms with Gasteiger partial charge >= 0.3 is 0 Å². The van der Waals surface area contributed by atoms with Crippen LogP contribution in [0.2, 0.25) is 18.6 Å². The topological polar surface area (TPSA) is 0 Å². The Kier molecular flexibility index (Phi) is 9.82. The molecular weight excluding hydrogens is 267 g/mol. The van der Waals surface area contributed by atoms with Crippen molar-refractivity contribution in [2.24, 2.45) is 0 Å². The van der Waals surface area contributed by atoms with Gasteiger partial charge in [-0.15, -0.1) is 18.7 Å². The molecule has 0 amide bonds. The van der Waals surface area contributed by atoms with Crippen LogP contribution in [0.3, 0.4) is 0 Å². The smallest absolute Gasteiger partial charge is 0.0536 e. The van der Waals surface area contributed by atoms with Gasteiger partial charge in [-0.3, -0.25) is 12.3 Å². The third kappa shape index (κ3) is 8.51. The van der Waals surface area contributed by atoms with Crippen LogP contribution < -0.4 is 5.46 Å². The monoisotopic (exact) mass is 301 g/mol. The summed E-state index contributed by atoms with van der Waals surface area (Å²) in [6, 6.07) is 14.0. The zero-order valence-electron chi connectivity index (χ0n) is 14.5. The van der Waals surface area contributed by atoms with Crippen LogP contribution in [0, 0.1) is 0 Å². The van der Waals surface area contributed by atoms with Gasteiger partial charge in [0.2, 0.25) is 0 Å². The van der Waals surface area contributed by atoms with Crippen molar-refractivity contribution >= 4 is 20.3 Å². The summed E-state index contributed by atoms with van der Waals surface area (Å²) < 4.78 is 0. The van der Waals surface area contributed by atoms with Gasteiger partial charge in [0.15, 0.2) is 0 Å². The van der Waals surface area contributed by atoms with E-state index in [0.717, 1.165) is 0 Å². The minimum absolute atomic E-state index is 1.22. The molecule has 0 unspecified atom stereocenters. The van der Waals surface area contributed by atoms with E-state index in [-0.39, 0.29) is 0 Å². The van der Waals surface area contributed by atoms with Gasteiger partial charge in [0.05, 0.1) is 0 Å². The van der Waals surface area contributed by atoms with Gasteiger partial charge in [0.1, 0.15) is 0 Å². The quantitative estimate of drug-likeness (QED) is 0.340. The van der Waals surface area contributed by atoms with E-state index in [0.29, 0.717) is 0 Å². The number of rotatable bonds is 12. The molecule has 1 rings (SSSR count). The molecule has 0 spiro atoms. The maximum Gasteiger partial charge on any atom is -0.0536 e. The zero-order chi connectivity index (χ0) is 15.4. The first-order valence-electron chi connectivity index (χ1n) is 9.11. The minimum atomic E-state index is -1.22. The summed E-state index contributed by atoms with van der Waals surface area (Å²) in [5.41, 5.74) is 1.46. The second-order valence-electron chi connectivity index (χ2n) is 6.83. The normalized spacial score (nSPS) is 11.8. The van der Waals surface area contributed by atoms with Crippen LogP contribution in [0.15, 0.2) is 30.3 Å². The van der Waals surface area contributed by atoms with Gasteiger partial charge in [0.25, 0.3) is 0 Å². The molecule has 0 aliphatic rings. The van der Waals surface area contributed by atoms with Crippen LogP contribution in [0.1, 0.15) is 65.2 Å². The second-order valence-corrected chi connectivity index (χ2v) is 11.4. The lowest BCUT2D eigenvalue weighted by Crippen LogP contribution is -2.44. The van der Waals surface area contributed by atoms with Crippen molar-refractivity contribution in [3.8, 4) is 0 Å². The maximum atomic E-state index is 2.67. The summed E-state index contributed by atoms with van der Waals surface area (Å²) in [7, 11) is -1.22. The van der Waals surface area contributed by atoms with Gasteiger partial charge < -0.3 is 0 Å². The number of hydrogen-bond acceptors (Lipinski definition) is 0. The molecule has 0 N–H and O–H groups in total. The van der Waals surface area contributed by atoms with Crippen molar-refractivity contribution in [1.29, 1.82) is 0 Å². The van der Waals surface area contributed by atoms with E-state index in [1.165, 1.54) is 68.9 Å². The predicted molar refractivity (Wildman–Crippen MR) is 101 cm³/mol. The standard InChI is InChI=1S/C19H34BSi/c1-4-6-8-13-17-21(3,18-14-9-7-5-2)20-19-15-11-10-12-16-19/h10-12,15-16H,4-9,13-14,17-18H2,1-3H3/q-1. The lowest BCUT2D eigenvalue weighted by atomic mass is 9.94. The van der Waals surface area contributed by atoms with E-state index in [4.69, 9.17) is 0 Å². The molecule has 0 aliphatic heterocycles. The third-order valence-corrected chi connectivity index (χ3v) is 8.54. The maximum absolute atomic E-state index is 2.67. The molecule has 0 aliphatic carbocycles. The average molecular weight is 301 g/mol. The molecule has 2 radical (unpaired) electrons. The molecule has 0 nitrogen and oxygen atoms in total. The molecule has 0 aromatic heterocycles. The lowest BCUT2D eigenvalue weighted by Gasteiger charge is -2.42. The van der Waals surface area contributed by atoms with E-state index < -0.39 is 7.94 Å². The summed E-state index contributed by atoms with van der Waals surface area (Å²) in [6.07, 6.45) is 11.2. The summed E-state index contributed by atoms with van der Waals surface area (Å²) >= 11 is 0. The highest BCUT2D eigenvalue weighted by Gasteiger charge is 2.13. The first-order chi connectivity index (χ1) is 10.2. The molecule has 0 saturated carbocycles. The second kappa shape index (κ2) is 11.1. The molecular formula is C19H34BSi-. The van der Waals surface area contributed by atoms with Crippen molar-refractivity contribution in [3.63, 3.8) is 0 Å². The SMILES string of the molecule is CCCCCC[Si](C)([B-]c1ccccc1)CCCCCC. The Morgan fingerprint density at radius 1 is 0.762 bits per heavy atom. The molecule has 0 heterocycles. The highest BCUT2D eigenvalue weighted by Crippen LogP contribution is 2.22. The van der Waals surface area contributed by atoms with Crippen molar-refractivity contribution < 1.29 is 0 Å². The van der Waals surface area contributed by atoms with Crippen molar-refractivity contribution in [2.75, 3.05) is 0 Å². The van der Waals surface area contributed by atoms with E-state index in [1.54, 1.807) is 0 Å². The Labute approximate surface area is 134 Å². The van der Waals surface area contributed by atoms with Crippen molar-refractivity contribution in [2.45, 2.75) is 83.8 Å². The van der Waals surface area contributed by atoms with Crippen molar-refractivity contribution in [3.05, 3.63) is 30.3 Å². The van der Waals surface area contributed by atoms with E-state index >= 15 is 0 Å². The van der Waals surface area contributed by atoms with Crippen LogP contribution >= 0.6 is 0 Å². The Morgan fingerprint density at radius 3 is 1.76 bits per heavy atom. The predicted octanol–water partition coefficient (Wildman–Crippen LogP) is 5.75. The first-order valence-corrected chi connectivity index (χ1v) is 12.1. The van der Waals surface area contributed by atoms with Crippen LogP contribution in [0.5, 0.6) is 0 Å². The highest BCUT2D eigenvalue weighted by molar-refractivity contribution is 7.28. The molecule has 21 heavy (non-hydrogen) atoms. The largest absolute Gasteiger partial charge is 0.294 e. The fourth-order valence-electron chi connectivity index (χ4n) is 3.13. The number of unbranched alkanes of at least 4 members (excludes halogenated alkanes) is 6. The van der Waals surface area contributed by atoms with Crippen LogP contribution in [-0.4, -0.2) is 14.8 Å². The fourth-order valence-corrected chi connectivity index (χ4v) is 6.78. The Bertz CT molecular complexity index is 338. The van der Waals surface area contributed by atoms with Gasteiger partial charge in [-0.2, -0.15) is 7.94 Å². The van der Waals surface area contributed by atoms with Gasteiger partial charge in [-0.05, 0) is 0 Å². The first kappa shape index (κ1) is 18.6. The highest BCUT2D eigenvalue weighted by atomic mass is 28.3. The Morgan fingerprint density at radius 2 is 1.29 bits per heavy atom. The summed E-state index contributed by atoms with van der Waals surface area (Å²) in [4.78, 5) is 0. The van der Waals surface area contributed by atoms with Gasteiger partial charge in [-0.1, -0.05) is 95.5 Å². The summed E-state index contributed by atoms with van der Waals surface area (Å²) in [5.74, 6) is 0. The van der Waals surface area contributed by atoms with E-state index in [1.807, 2.05) is 0 Å². The van der Waals surface area contributed by atoms with Crippen LogP contribution in [0.25, 0.3) is 0 Å². The van der Waals surface area contributed by atoms with Crippen LogP contribution in [0.4, 0.5) is 0 Å². The molecule has 0 fully saturated rings. The van der Waals surface area contributed by atoms with Crippen LogP contribution in [-0.2, 0) is 0 Å². The van der Waals surface area contributed by atoms with E-state index in [2.05, 4.69) is 57.6 Å². The van der Waals surface area contributed by atoms with Gasteiger partial charge in [-0.25, -0.2) is 0 Å². The molecule has 118 valence electrons. The molecule has 0 saturated heterocycles. The summed E-state index contributed by atoms with van der Waals surface area (Å²) in [6.45, 7) is 9.89. The molecule has 2 heteroatoms. The molecule has 1 aromatic carbocycles. The van der Waals surface area contributed by atoms with Crippen molar-refractivity contribution in [1.82, 2.24) is 0 Å². The minimum Gasteiger partial charge on any atom is -0.294 e. The molecule has 1 aromatic rings. The van der Waals surface area contributed by atoms with E-state index in [9.17, 15) is 0 Å². The average Bonchev–Trinajstić information content (AvgIpc) is 2.49. The Hall–Kier alpha value is -0.498. The number of benzene rings is 1.